The van der Waals surface area contributed by atoms with Gasteiger partial charge in [0.25, 0.3) is 0 Å². The van der Waals surface area contributed by atoms with Gasteiger partial charge in [-0.25, -0.2) is 4.79 Å². The summed E-state index contributed by atoms with van der Waals surface area (Å²) >= 11 is 2.49. The highest BCUT2D eigenvalue weighted by molar-refractivity contribution is 7.98. The molecule has 0 radical (unpaired) electrons. The summed E-state index contributed by atoms with van der Waals surface area (Å²) in [6.45, 7) is 3.53. The number of nitrogens with zero attached hydrogens (tertiary/aromatic N) is 2. The molecule has 7 nitrogen and oxygen atoms in total. The molecule has 106 valence electrons. The maximum absolute atomic E-state index is 11.7. The van der Waals surface area contributed by atoms with Crippen molar-refractivity contribution in [1.29, 1.82) is 0 Å². The molecule has 0 aromatic carbocycles. The number of aromatic nitrogens is 2. The maximum atomic E-state index is 11.7. The Labute approximate surface area is 119 Å². The van der Waals surface area contributed by atoms with Gasteiger partial charge in [-0.1, -0.05) is 11.8 Å². The first-order valence-corrected chi connectivity index (χ1v) is 7.51. The fraction of sp³-hybridized carbons (Fsp3) is 0.600. The van der Waals surface area contributed by atoms with Gasteiger partial charge in [-0.3, -0.25) is 10.1 Å². The fourth-order valence-corrected chi connectivity index (χ4v) is 2.38. The molecule has 0 aliphatic carbocycles. The van der Waals surface area contributed by atoms with E-state index in [0.717, 1.165) is 11.5 Å². The smallest absolute Gasteiger partial charge is 0.321 e. The van der Waals surface area contributed by atoms with Crippen LogP contribution in [0.4, 0.5) is 9.93 Å². The van der Waals surface area contributed by atoms with Crippen molar-refractivity contribution in [2.24, 2.45) is 0 Å². The average molecular weight is 304 g/mol. The lowest BCUT2D eigenvalue weighted by atomic mass is 9.99. The molecule has 0 saturated carbocycles. The standard InChI is InChI=1S/C10H16N4O3S2/c1-10(2,5-4-6(15)16)13-7(17)11-8-12-9(18-3)14-19-8/h4-5H2,1-3H3,(H,15,16)(H2,11,12,13,14,17). The normalized spacial score (nSPS) is 11.1. The Balaban J connectivity index is 2.47. The summed E-state index contributed by atoms with van der Waals surface area (Å²) in [6, 6.07) is -0.417. The zero-order chi connectivity index (χ0) is 14.5. The molecule has 3 N–H and O–H groups in total. The van der Waals surface area contributed by atoms with Crippen LogP contribution >= 0.6 is 23.3 Å². The summed E-state index contributed by atoms with van der Waals surface area (Å²) in [5, 5.41) is 14.9. The number of carbonyl (C=O) groups excluding carboxylic acids is 1. The molecule has 0 unspecified atom stereocenters. The quantitative estimate of drug-likeness (QED) is 0.695. The molecular formula is C10H16N4O3S2. The number of carbonyl (C=O) groups is 2. The summed E-state index contributed by atoms with van der Waals surface area (Å²) in [5.41, 5.74) is -0.602. The van der Waals surface area contributed by atoms with Crippen LogP contribution in [0.5, 0.6) is 0 Å². The topological polar surface area (TPSA) is 104 Å². The van der Waals surface area contributed by atoms with Crippen LogP contribution in [0.2, 0.25) is 0 Å². The van der Waals surface area contributed by atoms with E-state index in [9.17, 15) is 9.59 Å². The number of carboxylic acids is 1. The second kappa shape index (κ2) is 6.71. The van der Waals surface area contributed by atoms with Crippen LogP contribution in [0.1, 0.15) is 26.7 Å². The number of hydrogen-bond acceptors (Lipinski definition) is 6. The van der Waals surface area contributed by atoms with Crippen LogP contribution in [0, 0.1) is 0 Å². The molecule has 19 heavy (non-hydrogen) atoms. The number of amides is 2. The molecule has 0 bridgehead atoms. The first kappa shape index (κ1) is 15.7. The molecule has 1 heterocycles. The van der Waals surface area contributed by atoms with E-state index in [1.807, 2.05) is 6.26 Å². The van der Waals surface area contributed by atoms with Crippen LogP contribution in [-0.4, -0.2) is 38.3 Å². The monoisotopic (exact) mass is 304 g/mol. The van der Waals surface area contributed by atoms with Gasteiger partial charge in [0.1, 0.15) is 0 Å². The highest BCUT2D eigenvalue weighted by Gasteiger charge is 2.22. The molecule has 1 aromatic rings. The molecule has 9 heteroatoms. The molecule has 0 atom stereocenters. The summed E-state index contributed by atoms with van der Waals surface area (Å²) in [4.78, 5) is 26.3. The molecule has 0 spiro atoms. The molecule has 1 rings (SSSR count). The van der Waals surface area contributed by atoms with E-state index in [-0.39, 0.29) is 6.42 Å². The SMILES string of the molecule is CSc1nsc(NC(=O)NC(C)(C)CCC(=O)O)n1. The molecule has 2 amide bonds. The van der Waals surface area contributed by atoms with Crippen LogP contribution in [0.3, 0.4) is 0 Å². The lowest BCUT2D eigenvalue weighted by Crippen LogP contribution is -2.45. The van der Waals surface area contributed by atoms with Crippen LogP contribution in [0.25, 0.3) is 0 Å². The van der Waals surface area contributed by atoms with Crippen LogP contribution < -0.4 is 10.6 Å². The number of thioether (sulfide) groups is 1. The second-order valence-corrected chi connectivity index (χ2v) is 5.97. The molecule has 0 saturated heterocycles. The van der Waals surface area contributed by atoms with Gasteiger partial charge in [-0.05, 0) is 26.5 Å². The summed E-state index contributed by atoms with van der Waals surface area (Å²) < 4.78 is 4.02. The van der Waals surface area contributed by atoms with Gasteiger partial charge in [0, 0.05) is 23.5 Å². The maximum Gasteiger partial charge on any atom is 0.321 e. The van der Waals surface area contributed by atoms with Crippen molar-refractivity contribution in [3.63, 3.8) is 0 Å². The lowest BCUT2D eigenvalue weighted by Gasteiger charge is -2.25. The van der Waals surface area contributed by atoms with Crippen molar-refractivity contribution in [2.75, 3.05) is 11.6 Å². The molecular weight excluding hydrogens is 288 g/mol. The van der Waals surface area contributed by atoms with E-state index in [1.165, 1.54) is 11.8 Å². The zero-order valence-corrected chi connectivity index (χ0v) is 12.5. The highest BCUT2D eigenvalue weighted by atomic mass is 32.2. The third-order valence-electron chi connectivity index (χ3n) is 2.23. The number of aliphatic carboxylic acids is 1. The van der Waals surface area contributed by atoms with Gasteiger partial charge < -0.3 is 10.4 Å². The fourth-order valence-electron chi connectivity index (χ4n) is 1.26. The summed E-state index contributed by atoms with van der Waals surface area (Å²) in [7, 11) is 0. The Morgan fingerprint density at radius 1 is 1.47 bits per heavy atom. The van der Waals surface area contributed by atoms with E-state index in [2.05, 4.69) is 20.0 Å². The minimum atomic E-state index is -0.885. The third kappa shape index (κ3) is 5.88. The Morgan fingerprint density at radius 3 is 2.68 bits per heavy atom. The van der Waals surface area contributed by atoms with E-state index >= 15 is 0 Å². The van der Waals surface area contributed by atoms with Crippen molar-refractivity contribution < 1.29 is 14.7 Å². The van der Waals surface area contributed by atoms with E-state index < -0.39 is 17.5 Å². The predicted molar refractivity (Wildman–Crippen MR) is 74.8 cm³/mol. The van der Waals surface area contributed by atoms with Crippen molar-refractivity contribution in [3.8, 4) is 0 Å². The number of nitrogens with one attached hydrogen (secondary N) is 2. The van der Waals surface area contributed by atoms with Gasteiger partial charge in [0.15, 0.2) is 0 Å². The number of carboxylic acid groups (broad SMARTS) is 1. The summed E-state index contributed by atoms with van der Waals surface area (Å²) in [5.74, 6) is -0.885. The Kier molecular flexibility index (Phi) is 5.55. The zero-order valence-electron chi connectivity index (χ0n) is 10.9. The summed E-state index contributed by atoms with van der Waals surface area (Å²) in [6.07, 6.45) is 2.20. The largest absolute Gasteiger partial charge is 0.481 e. The molecule has 1 aromatic heterocycles. The van der Waals surface area contributed by atoms with Crippen molar-refractivity contribution in [2.45, 2.75) is 37.4 Å². The van der Waals surface area contributed by atoms with Gasteiger partial charge >= 0.3 is 12.0 Å². The Hall–Kier alpha value is -1.35. The van der Waals surface area contributed by atoms with Gasteiger partial charge in [-0.15, -0.1) is 0 Å². The minimum Gasteiger partial charge on any atom is -0.481 e. The first-order chi connectivity index (χ1) is 8.82. The lowest BCUT2D eigenvalue weighted by molar-refractivity contribution is -0.137. The molecule has 0 aliphatic heterocycles. The van der Waals surface area contributed by atoms with Crippen molar-refractivity contribution in [1.82, 2.24) is 14.7 Å². The Morgan fingerprint density at radius 2 is 2.16 bits per heavy atom. The van der Waals surface area contributed by atoms with E-state index in [4.69, 9.17) is 5.11 Å². The van der Waals surface area contributed by atoms with Crippen molar-refractivity contribution in [3.05, 3.63) is 0 Å². The van der Waals surface area contributed by atoms with E-state index in [0.29, 0.717) is 16.7 Å². The van der Waals surface area contributed by atoms with Crippen LogP contribution in [-0.2, 0) is 4.79 Å². The van der Waals surface area contributed by atoms with Gasteiger partial charge in [-0.2, -0.15) is 9.36 Å². The number of rotatable bonds is 6. The van der Waals surface area contributed by atoms with Crippen LogP contribution in [0.15, 0.2) is 5.16 Å². The average Bonchev–Trinajstić information content (AvgIpc) is 2.73. The van der Waals surface area contributed by atoms with Gasteiger partial charge in [0.05, 0.1) is 0 Å². The van der Waals surface area contributed by atoms with Gasteiger partial charge in [0.2, 0.25) is 10.3 Å². The second-order valence-electron chi connectivity index (χ2n) is 4.44. The number of hydrogen-bond donors (Lipinski definition) is 3. The third-order valence-corrected chi connectivity index (χ3v) is 3.52. The molecule has 0 fully saturated rings. The molecule has 0 aliphatic rings. The number of anilines is 1. The minimum absolute atomic E-state index is 0.00269. The van der Waals surface area contributed by atoms with E-state index in [1.54, 1.807) is 13.8 Å². The highest BCUT2D eigenvalue weighted by Crippen LogP contribution is 2.18. The Bertz CT molecular complexity index is 461. The first-order valence-electron chi connectivity index (χ1n) is 5.51. The predicted octanol–water partition coefficient (Wildman–Crippen LogP) is 2.02. The van der Waals surface area contributed by atoms with Crippen molar-refractivity contribution >= 4 is 40.4 Å². The number of urea groups is 1.